The van der Waals surface area contributed by atoms with Crippen LogP contribution >= 0.6 is 0 Å². The highest BCUT2D eigenvalue weighted by Gasteiger charge is 2.41. The van der Waals surface area contributed by atoms with Crippen molar-refractivity contribution in [1.29, 1.82) is 5.26 Å². The Morgan fingerprint density at radius 2 is 1.74 bits per heavy atom. The van der Waals surface area contributed by atoms with Crippen LogP contribution in [0, 0.1) is 11.3 Å². The molecule has 0 spiro atoms. The first-order chi connectivity index (χ1) is 11.2. The Kier molecular flexibility index (Phi) is 3.02. The van der Waals surface area contributed by atoms with E-state index in [1.807, 2.05) is 12.1 Å². The molecule has 2 aromatic rings. The third-order valence-electron chi connectivity index (χ3n) is 4.69. The van der Waals surface area contributed by atoms with E-state index in [1.165, 1.54) is 4.90 Å². The van der Waals surface area contributed by atoms with Crippen LogP contribution < -0.4 is 0 Å². The van der Waals surface area contributed by atoms with Gasteiger partial charge in [-0.2, -0.15) is 5.26 Å². The van der Waals surface area contributed by atoms with Crippen molar-refractivity contribution < 1.29 is 9.59 Å². The first-order valence-electron chi connectivity index (χ1n) is 7.70. The lowest BCUT2D eigenvalue weighted by atomic mass is 9.86. The molecule has 1 aliphatic heterocycles. The minimum atomic E-state index is -0.237. The molecule has 4 nitrogen and oxygen atoms in total. The zero-order chi connectivity index (χ0) is 16.0. The molecule has 0 radical (unpaired) electrons. The molecule has 0 unspecified atom stereocenters. The van der Waals surface area contributed by atoms with Gasteiger partial charge in [-0.3, -0.25) is 14.5 Å². The zero-order valence-electron chi connectivity index (χ0n) is 12.5. The van der Waals surface area contributed by atoms with Gasteiger partial charge in [0, 0.05) is 0 Å². The van der Waals surface area contributed by atoms with Crippen molar-refractivity contribution in [3.8, 4) is 6.07 Å². The highest BCUT2D eigenvalue weighted by atomic mass is 16.2. The van der Waals surface area contributed by atoms with Crippen LogP contribution in [-0.4, -0.2) is 16.7 Å². The number of nitriles is 1. The maximum Gasteiger partial charge on any atom is 0.262 e. The largest absolute Gasteiger partial charge is 0.269 e. The number of hydrogen-bond donors (Lipinski definition) is 0. The van der Waals surface area contributed by atoms with E-state index in [2.05, 4.69) is 6.07 Å². The molecule has 4 heteroatoms. The second kappa shape index (κ2) is 5.06. The van der Waals surface area contributed by atoms with Crippen LogP contribution in [0.15, 0.2) is 42.5 Å². The predicted molar refractivity (Wildman–Crippen MR) is 83.8 cm³/mol. The predicted octanol–water partition coefficient (Wildman–Crippen LogP) is 3.23. The lowest BCUT2D eigenvalue weighted by Gasteiger charge is -2.31. The first kappa shape index (κ1) is 13.7. The summed E-state index contributed by atoms with van der Waals surface area (Å²) in [6, 6.07) is 14.4. The summed E-state index contributed by atoms with van der Waals surface area (Å²) in [5, 5.41) is 9.05. The fourth-order valence-electron chi connectivity index (χ4n) is 3.62. The number of carbonyl (C=O) groups is 2. The number of amides is 2. The standard InChI is InChI=1S/C19H14N2O2/c20-11-12-8-9-14-13(10-12)4-3-7-17(14)21-18(22)15-5-1-2-6-16(15)19(21)23/h1-2,5-6,8-10,17H,3-4,7H2/t17-/m1/s1. The number of carbonyl (C=O) groups excluding carboxylic acids is 2. The molecule has 2 aromatic carbocycles. The van der Waals surface area contributed by atoms with Gasteiger partial charge in [0.2, 0.25) is 0 Å². The maximum absolute atomic E-state index is 12.7. The lowest BCUT2D eigenvalue weighted by Crippen LogP contribution is -2.36. The quantitative estimate of drug-likeness (QED) is 0.760. The summed E-state index contributed by atoms with van der Waals surface area (Å²) in [6.07, 6.45) is 2.55. The molecule has 1 atom stereocenters. The van der Waals surface area contributed by atoms with Gasteiger partial charge in [0.15, 0.2) is 0 Å². The molecule has 0 bridgehead atoms. The third kappa shape index (κ3) is 1.97. The van der Waals surface area contributed by atoms with Gasteiger partial charge >= 0.3 is 0 Å². The van der Waals surface area contributed by atoms with Crippen molar-refractivity contribution in [3.05, 3.63) is 70.3 Å². The molecule has 0 saturated heterocycles. The van der Waals surface area contributed by atoms with E-state index in [1.54, 1.807) is 30.3 Å². The maximum atomic E-state index is 12.7. The summed E-state index contributed by atoms with van der Waals surface area (Å²) >= 11 is 0. The number of aryl methyl sites for hydroxylation is 1. The van der Waals surface area contributed by atoms with E-state index in [4.69, 9.17) is 5.26 Å². The van der Waals surface area contributed by atoms with Gasteiger partial charge in [-0.1, -0.05) is 18.2 Å². The van der Waals surface area contributed by atoms with Crippen LogP contribution in [0.1, 0.15) is 56.3 Å². The smallest absolute Gasteiger partial charge is 0.262 e. The molecule has 0 aromatic heterocycles. The summed E-state index contributed by atoms with van der Waals surface area (Å²) in [5.74, 6) is -0.430. The molecular formula is C19H14N2O2. The molecule has 1 aliphatic carbocycles. The molecule has 4 rings (SSSR count). The van der Waals surface area contributed by atoms with Gasteiger partial charge in [-0.25, -0.2) is 0 Å². The summed E-state index contributed by atoms with van der Waals surface area (Å²) in [7, 11) is 0. The van der Waals surface area contributed by atoms with E-state index in [0.29, 0.717) is 16.7 Å². The average Bonchev–Trinajstić information content (AvgIpc) is 2.85. The third-order valence-corrected chi connectivity index (χ3v) is 4.69. The topological polar surface area (TPSA) is 61.2 Å². The highest BCUT2D eigenvalue weighted by Crippen LogP contribution is 2.39. The van der Waals surface area contributed by atoms with E-state index in [0.717, 1.165) is 30.4 Å². The molecule has 2 amide bonds. The van der Waals surface area contributed by atoms with Crippen molar-refractivity contribution >= 4 is 11.8 Å². The lowest BCUT2D eigenvalue weighted by molar-refractivity contribution is 0.0566. The fraction of sp³-hybridized carbons (Fsp3) is 0.211. The molecule has 23 heavy (non-hydrogen) atoms. The van der Waals surface area contributed by atoms with Crippen molar-refractivity contribution in [2.75, 3.05) is 0 Å². The SMILES string of the molecule is N#Cc1ccc2c(c1)CCC[C@H]2N1C(=O)c2ccccc2C1=O. The van der Waals surface area contributed by atoms with Gasteiger partial charge < -0.3 is 0 Å². The molecule has 2 aliphatic rings. The van der Waals surface area contributed by atoms with E-state index >= 15 is 0 Å². The van der Waals surface area contributed by atoms with Gasteiger partial charge in [-0.15, -0.1) is 0 Å². The van der Waals surface area contributed by atoms with Crippen LogP contribution in [0.4, 0.5) is 0 Å². The van der Waals surface area contributed by atoms with Crippen LogP contribution in [0.25, 0.3) is 0 Å². The highest BCUT2D eigenvalue weighted by molar-refractivity contribution is 6.21. The fourth-order valence-corrected chi connectivity index (χ4v) is 3.62. The minimum Gasteiger partial charge on any atom is -0.269 e. The number of nitrogens with zero attached hydrogens (tertiary/aromatic N) is 2. The van der Waals surface area contributed by atoms with Crippen LogP contribution in [0.5, 0.6) is 0 Å². The van der Waals surface area contributed by atoms with Crippen LogP contribution in [-0.2, 0) is 6.42 Å². The Balaban J connectivity index is 1.78. The number of fused-ring (bicyclic) bond motifs is 2. The Labute approximate surface area is 134 Å². The monoisotopic (exact) mass is 302 g/mol. The second-order valence-electron chi connectivity index (χ2n) is 5.96. The number of rotatable bonds is 1. The molecule has 0 N–H and O–H groups in total. The Morgan fingerprint density at radius 3 is 2.39 bits per heavy atom. The number of benzene rings is 2. The number of hydrogen-bond acceptors (Lipinski definition) is 3. The van der Waals surface area contributed by atoms with Crippen molar-refractivity contribution in [2.24, 2.45) is 0 Å². The van der Waals surface area contributed by atoms with Gasteiger partial charge in [0.1, 0.15) is 0 Å². The zero-order valence-corrected chi connectivity index (χ0v) is 12.5. The van der Waals surface area contributed by atoms with Crippen molar-refractivity contribution in [2.45, 2.75) is 25.3 Å². The Bertz CT molecular complexity index is 844. The van der Waals surface area contributed by atoms with Crippen molar-refractivity contribution in [1.82, 2.24) is 4.90 Å². The minimum absolute atomic E-state index is 0.215. The van der Waals surface area contributed by atoms with Gasteiger partial charge in [0.05, 0.1) is 28.8 Å². The number of imide groups is 1. The van der Waals surface area contributed by atoms with Gasteiger partial charge in [0.25, 0.3) is 11.8 Å². The molecular weight excluding hydrogens is 288 g/mol. The van der Waals surface area contributed by atoms with E-state index in [-0.39, 0.29) is 17.9 Å². The normalized spacial score (nSPS) is 19.3. The second-order valence-corrected chi connectivity index (χ2v) is 5.96. The van der Waals surface area contributed by atoms with Gasteiger partial charge in [-0.05, 0) is 54.7 Å². The molecule has 112 valence electrons. The van der Waals surface area contributed by atoms with E-state index < -0.39 is 0 Å². The van der Waals surface area contributed by atoms with Crippen LogP contribution in [0.3, 0.4) is 0 Å². The summed E-state index contributed by atoms with van der Waals surface area (Å²) in [5.41, 5.74) is 3.64. The molecule has 0 fully saturated rings. The Hall–Kier alpha value is -2.93. The molecule has 1 heterocycles. The average molecular weight is 302 g/mol. The van der Waals surface area contributed by atoms with Crippen molar-refractivity contribution in [3.63, 3.8) is 0 Å². The van der Waals surface area contributed by atoms with Crippen LogP contribution in [0.2, 0.25) is 0 Å². The van der Waals surface area contributed by atoms with E-state index in [9.17, 15) is 9.59 Å². The molecule has 0 saturated carbocycles. The first-order valence-corrected chi connectivity index (χ1v) is 7.70. The summed E-state index contributed by atoms with van der Waals surface area (Å²) in [4.78, 5) is 26.8. The summed E-state index contributed by atoms with van der Waals surface area (Å²) < 4.78 is 0. The summed E-state index contributed by atoms with van der Waals surface area (Å²) in [6.45, 7) is 0. The Morgan fingerprint density at radius 1 is 1.04 bits per heavy atom.